The molecule has 3 rings (SSSR count). The van der Waals surface area contributed by atoms with Crippen molar-refractivity contribution >= 4 is 47.2 Å². The first-order valence-corrected chi connectivity index (χ1v) is 11.4. The zero-order chi connectivity index (χ0) is 19.8. The molecule has 29 heavy (non-hydrogen) atoms. The van der Waals surface area contributed by atoms with Crippen molar-refractivity contribution < 1.29 is 4.79 Å². The summed E-state index contributed by atoms with van der Waals surface area (Å²) < 4.78 is 0. The van der Waals surface area contributed by atoms with Crippen molar-refractivity contribution in [2.75, 3.05) is 52.9 Å². The summed E-state index contributed by atoms with van der Waals surface area (Å²) in [5, 5.41) is 7.93. The predicted octanol–water partition coefficient (Wildman–Crippen LogP) is 1.98. The number of hydrogen-bond donors (Lipinski definition) is 2. The molecule has 1 aliphatic carbocycles. The van der Waals surface area contributed by atoms with Crippen LogP contribution in [0.15, 0.2) is 11.2 Å². The van der Waals surface area contributed by atoms with Crippen LogP contribution in [0.25, 0.3) is 0 Å². The van der Waals surface area contributed by atoms with E-state index in [9.17, 15) is 4.79 Å². The largest absolute Gasteiger partial charge is 0.356 e. The Morgan fingerprint density at radius 3 is 2.55 bits per heavy atom. The van der Waals surface area contributed by atoms with E-state index in [2.05, 4.69) is 37.3 Å². The van der Waals surface area contributed by atoms with Gasteiger partial charge in [-0.15, -0.1) is 35.3 Å². The Labute approximate surface area is 195 Å². The number of carbonyl (C=O) groups excluding carboxylic acids is 1. The van der Waals surface area contributed by atoms with Gasteiger partial charge in [0.25, 0.3) is 0 Å². The van der Waals surface area contributed by atoms with Crippen LogP contribution < -0.4 is 10.6 Å². The van der Waals surface area contributed by atoms with Gasteiger partial charge in [0.15, 0.2) is 5.96 Å². The number of guanidine groups is 1. The zero-order valence-electron chi connectivity index (χ0n) is 17.7. The van der Waals surface area contributed by atoms with Crippen molar-refractivity contribution in [3.05, 3.63) is 16.1 Å². The Morgan fingerprint density at radius 1 is 1.24 bits per heavy atom. The maximum atomic E-state index is 12.3. The van der Waals surface area contributed by atoms with Gasteiger partial charge >= 0.3 is 0 Å². The molecule has 2 N–H and O–H groups in total. The van der Waals surface area contributed by atoms with Crippen LogP contribution in [-0.4, -0.2) is 79.5 Å². The van der Waals surface area contributed by atoms with E-state index in [0.717, 1.165) is 77.5 Å². The second kappa shape index (κ2) is 12.7. The van der Waals surface area contributed by atoms with E-state index in [1.807, 2.05) is 6.20 Å². The number of nitrogens with one attached hydrogen (secondary N) is 2. The number of hydrogen-bond acceptors (Lipinski definition) is 5. The van der Waals surface area contributed by atoms with Crippen molar-refractivity contribution in [2.24, 2.45) is 10.9 Å². The molecule has 1 saturated heterocycles. The monoisotopic (exact) mass is 534 g/mol. The highest BCUT2D eigenvalue weighted by Crippen LogP contribution is 2.28. The summed E-state index contributed by atoms with van der Waals surface area (Å²) in [7, 11) is 1.80. The SMILES string of the molecule is CCc1cnc(CCNC(=NC)NCCN2CCN(C(=O)C3CCC3)CC2)s1.I. The lowest BCUT2D eigenvalue weighted by Crippen LogP contribution is -2.52. The van der Waals surface area contributed by atoms with Crippen LogP contribution in [-0.2, 0) is 17.6 Å². The average Bonchev–Trinajstić information content (AvgIpc) is 3.14. The Morgan fingerprint density at radius 2 is 1.97 bits per heavy atom. The first-order chi connectivity index (χ1) is 13.7. The maximum Gasteiger partial charge on any atom is 0.225 e. The Balaban J connectivity index is 0.00000300. The van der Waals surface area contributed by atoms with Gasteiger partial charge < -0.3 is 15.5 Å². The number of aryl methyl sites for hydroxylation is 1. The molecule has 0 unspecified atom stereocenters. The molecule has 1 aromatic rings. The molecule has 1 saturated carbocycles. The van der Waals surface area contributed by atoms with Crippen molar-refractivity contribution in [3.63, 3.8) is 0 Å². The Hall–Kier alpha value is -0.940. The number of nitrogens with zero attached hydrogens (tertiary/aromatic N) is 4. The summed E-state index contributed by atoms with van der Waals surface area (Å²) in [6.45, 7) is 8.50. The number of piperazine rings is 1. The number of thiazole rings is 1. The average molecular weight is 535 g/mol. The lowest BCUT2D eigenvalue weighted by atomic mass is 9.84. The minimum Gasteiger partial charge on any atom is -0.356 e. The number of aromatic nitrogens is 1. The van der Waals surface area contributed by atoms with E-state index in [1.165, 1.54) is 16.3 Å². The highest BCUT2D eigenvalue weighted by Gasteiger charge is 2.30. The summed E-state index contributed by atoms with van der Waals surface area (Å²) in [5.41, 5.74) is 0. The minimum absolute atomic E-state index is 0. The third kappa shape index (κ3) is 7.36. The van der Waals surface area contributed by atoms with Crippen molar-refractivity contribution in [1.29, 1.82) is 0 Å². The fraction of sp³-hybridized carbons (Fsp3) is 0.750. The molecule has 0 spiro atoms. The molecule has 1 aromatic heterocycles. The van der Waals surface area contributed by atoms with E-state index in [-0.39, 0.29) is 24.0 Å². The van der Waals surface area contributed by atoms with E-state index < -0.39 is 0 Å². The fourth-order valence-corrected chi connectivity index (χ4v) is 4.44. The van der Waals surface area contributed by atoms with Gasteiger partial charge in [0.1, 0.15) is 0 Å². The highest BCUT2D eigenvalue weighted by molar-refractivity contribution is 14.0. The Bertz CT molecular complexity index is 655. The maximum absolute atomic E-state index is 12.3. The number of rotatable bonds is 8. The number of aliphatic imine (C=N–C) groups is 1. The molecule has 0 radical (unpaired) electrons. The standard InChI is InChI=1S/C20H34N6OS.HI/c1-3-17-15-24-18(28-17)7-8-22-20(21-2)23-9-10-25-11-13-26(14-12-25)19(27)16-5-4-6-16;/h15-16H,3-14H2,1-2H3,(H2,21,22,23);1H. The molecule has 1 aliphatic heterocycles. The van der Waals surface area contributed by atoms with E-state index in [0.29, 0.717) is 11.8 Å². The molecule has 2 fully saturated rings. The van der Waals surface area contributed by atoms with Gasteiger partial charge in [-0.25, -0.2) is 4.98 Å². The predicted molar refractivity (Wildman–Crippen MR) is 130 cm³/mol. The normalized spacial score (nSPS) is 18.1. The van der Waals surface area contributed by atoms with Crippen LogP contribution in [0.2, 0.25) is 0 Å². The van der Waals surface area contributed by atoms with Crippen LogP contribution in [0.1, 0.15) is 36.1 Å². The van der Waals surface area contributed by atoms with E-state index in [1.54, 1.807) is 18.4 Å². The molecule has 1 amide bonds. The quantitative estimate of drug-likeness (QED) is 0.303. The molecule has 164 valence electrons. The first-order valence-electron chi connectivity index (χ1n) is 10.6. The molecule has 0 bridgehead atoms. The molecule has 2 aliphatic rings. The van der Waals surface area contributed by atoms with Crippen molar-refractivity contribution in [2.45, 2.75) is 39.0 Å². The first kappa shape index (κ1) is 24.3. The van der Waals surface area contributed by atoms with Crippen LogP contribution in [0, 0.1) is 5.92 Å². The smallest absolute Gasteiger partial charge is 0.225 e. The minimum atomic E-state index is 0. The third-order valence-electron chi connectivity index (χ3n) is 5.66. The lowest BCUT2D eigenvalue weighted by molar-refractivity contribution is -0.139. The van der Waals surface area contributed by atoms with Crippen LogP contribution in [0.3, 0.4) is 0 Å². The van der Waals surface area contributed by atoms with Gasteiger partial charge in [-0.2, -0.15) is 0 Å². The number of amides is 1. The summed E-state index contributed by atoms with van der Waals surface area (Å²) in [6, 6.07) is 0. The molecule has 2 heterocycles. The molecule has 0 atom stereocenters. The van der Waals surface area contributed by atoms with Gasteiger partial charge in [0, 0.05) is 76.3 Å². The van der Waals surface area contributed by atoms with Crippen molar-refractivity contribution in [3.8, 4) is 0 Å². The molecule has 7 nitrogen and oxygen atoms in total. The summed E-state index contributed by atoms with van der Waals surface area (Å²) >= 11 is 1.79. The van der Waals surface area contributed by atoms with Crippen molar-refractivity contribution in [1.82, 2.24) is 25.4 Å². The topological polar surface area (TPSA) is 72.9 Å². The number of halogens is 1. The molecular weight excluding hydrogens is 499 g/mol. The van der Waals surface area contributed by atoms with Gasteiger partial charge in [0.2, 0.25) is 5.91 Å². The van der Waals surface area contributed by atoms with E-state index >= 15 is 0 Å². The summed E-state index contributed by atoms with van der Waals surface area (Å²) in [6.07, 6.45) is 7.36. The third-order valence-corrected chi connectivity index (χ3v) is 6.87. The van der Waals surface area contributed by atoms with Crippen LogP contribution in [0.5, 0.6) is 0 Å². The van der Waals surface area contributed by atoms with Crippen LogP contribution in [0.4, 0.5) is 0 Å². The summed E-state index contributed by atoms with van der Waals surface area (Å²) in [5.74, 6) is 1.55. The second-order valence-corrected chi connectivity index (χ2v) is 8.74. The fourth-order valence-electron chi connectivity index (χ4n) is 3.57. The van der Waals surface area contributed by atoms with Gasteiger partial charge in [-0.3, -0.25) is 14.7 Å². The molecule has 9 heteroatoms. The summed E-state index contributed by atoms with van der Waals surface area (Å²) in [4.78, 5) is 26.9. The van der Waals surface area contributed by atoms with Gasteiger partial charge in [-0.05, 0) is 19.3 Å². The molecular formula is C20H35IN6OS. The molecule has 0 aromatic carbocycles. The Kier molecular flexibility index (Phi) is 10.6. The van der Waals surface area contributed by atoms with E-state index in [4.69, 9.17) is 0 Å². The second-order valence-electron chi connectivity index (χ2n) is 7.54. The number of carbonyl (C=O) groups is 1. The zero-order valence-corrected chi connectivity index (χ0v) is 20.8. The highest BCUT2D eigenvalue weighted by atomic mass is 127. The van der Waals surface area contributed by atoms with Gasteiger partial charge in [-0.1, -0.05) is 13.3 Å². The van der Waals surface area contributed by atoms with Gasteiger partial charge in [0.05, 0.1) is 5.01 Å². The lowest BCUT2D eigenvalue weighted by Gasteiger charge is -2.38. The van der Waals surface area contributed by atoms with Crippen LogP contribution >= 0.6 is 35.3 Å².